The summed E-state index contributed by atoms with van der Waals surface area (Å²) in [5.41, 5.74) is 0.988. The number of esters is 1. The van der Waals surface area contributed by atoms with Gasteiger partial charge in [-0.1, -0.05) is 61.8 Å². The molecule has 20 nitrogen and oxygen atoms in total. The molecule has 6 amide bonds. The maximum Gasteiger partial charge on any atom is 0.339 e. The third-order valence-corrected chi connectivity index (χ3v) is 13.3. The largest absolute Gasteiger partial charge is 0.483 e. The fourth-order valence-electron chi connectivity index (χ4n) is 8.12. The van der Waals surface area contributed by atoms with E-state index in [0.717, 1.165) is 43.9 Å². The Kier molecular flexibility index (Phi) is 19.1. The highest BCUT2D eigenvalue weighted by atomic mass is 32.2. The maximum atomic E-state index is 13.7. The van der Waals surface area contributed by atoms with E-state index in [9.17, 15) is 43.5 Å². The molecule has 21 heteroatoms. The molecule has 0 radical (unpaired) electrons. The number of ketones is 1. The Balaban J connectivity index is 0.944. The highest BCUT2D eigenvalue weighted by Gasteiger charge is 2.41. The number of benzene rings is 3. The van der Waals surface area contributed by atoms with Gasteiger partial charge in [-0.15, -0.1) is 11.8 Å². The van der Waals surface area contributed by atoms with Crippen LogP contribution in [0.2, 0.25) is 0 Å². The number of aryl methyl sites for hydroxylation is 1. The van der Waals surface area contributed by atoms with Crippen LogP contribution < -0.4 is 36.6 Å². The van der Waals surface area contributed by atoms with Gasteiger partial charge in [0.15, 0.2) is 24.8 Å². The SMILES string of the molecule is Cc1noc(-c2ccc(OCC(=O)NCCCCCNC(=O)CCCC[C@H]3C[C@H]4NC(=O)N[C@H]4S3)c(CC(=O)N[C@H](C(=O)N[C@@H](CC(=O)O)C(=O)COC(=O)c3cccc4ccccc34)C(C)C)c2)n1. The normalized spacial score (nSPS) is 16.9. The fourth-order valence-corrected chi connectivity index (χ4v) is 9.70. The van der Waals surface area contributed by atoms with Gasteiger partial charge in [0.2, 0.25) is 17.7 Å². The topological polar surface area (TPSA) is 286 Å². The first-order valence-corrected chi connectivity index (χ1v) is 24.4. The first kappa shape index (κ1) is 52.3. The molecule has 0 bridgehead atoms. The monoisotopic (exact) mass is 984 g/mol. The summed E-state index contributed by atoms with van der Waals surface area (Å²) in [7, 11) is 0. The molecule has 6 rings (SSSR count). The van der Waals surface area contributed by atoms with E-state index in [1.165, 1.54) is 0 Å². The number of ether oxygens (including phenoxy) is 2. The van der Waals surface area contributed by atoms with Gasteiger partial charge in [0.25, 0.3) is 11.8 Å². The van der Waals surface area contributed by atoms with Crippen molar-refractivity contribution in [1.82, 2.24) is 42.0 Å². The molecule has 7 N–H and O–H groups in total. The summed E-state index contributed by atoms with van der Waals surface area (Å²) in [6.07, 6.45) is 5.24. The van der Waals surface area contributed by atoms with E-state index in [-0.39, 0.29) is 53.6 Å². The lowest BCUT2D eigenvalue weighted by Crippen LogP contribution is -2.54. The first-order valence-electron chi connectivity index (χ1n) is 23.4. The number of aromatic nitrogens is 2. The summed E-state index contributed by atoms with van der Waals surface area (Å²) in [5.74, 6) is -4.70. The van der Waals surface area contributed by atoms with Crippen molar-refractivity contribution in [1.29, 1.82) is 0 Å². The summed E-state index contributed by atoms with van der Waals surface area (Å²) in [6.45, 7) is 4.69. The average Bonchev–Trinajstić information content (AvgIpc) is 4.04. The number of fused-ring (bicyclic) bond motifs is 2. The molecule has 5 atom stereocenters. The number of aliphatic carboxylic acids is 1. The maximum absolute atomic E-state index is 13.7. The number of carboxylic acid groups (broad SMARTS) is 1. The highest BCUT2D eigenvalue weighted by molar-refractivity contribution is 8.00. The van der Waals surface area contributed by atoms with E-state index >= 15 is 0 Å². The Labute approximate surface area is 408 Å². The van der Waals surface area contributed by atoms with Crippen LogP contribution >= 0.6 is 11.8 Å². The Hall–Kier alpha value is -7.03. The van der Waals surface area contributed by atoms with Crippen molar-refractivity contribution in [3.8, 4) is 17.2 Å². The minimum absolute atomic E-state index is 0.0169. The van der Waals surface area contributed by atoms with Gasteiger partial charge in [-0.2, -0.15) is 4.98 Å². The number of Topliss-reactive ketones (excluding diaryl/α,β-unsaturated/α-hetero) is 1. The Morgan fingerprint density at radius 1 is 0.871 bits per heavy atom. The van der Waals surface area contributed by atoms with E-state index < -0.39 is 66.5 Å². The van der Waals surface area contributed by atoms with Crippen LogP contribution in [0.25, 0.3) is 22.2 Å². The van der Waals surface area contributed by atoms with Crippen LogP contribution in [0.3, 0.4) is 0 Å². The Bertz CT molecular complexity index is 2510. The zero-order valence-electron chi connectivity index (χ0n) is 39.4. The van der Waals surface area contributed by atoms with Gasteiger partial charge >= 0.3 is 18.0 Å². The predicted octanol–water partition coefficient (Wildman–Crippen LogP) is 4.12. The molecule has 2 fully saturated rings. The van der Waals surface area contributed by atoms with Gasteiger partial charge in [-0.25, -0.2) is 9.59 Å². The van der Waals surface area contributed by atoms with E-state index in [0.29, 0.717) is 53.5 Å². The number of amides is 6. The van der Waals surface area contributed by atoms with Crippen molar-refractivity contribution in [2.24, 2.45) is 5.92 Å². The molecule has 3 aromatic carbocycles. The standard InChI is InChI=1S/C49H60N8O12S/c1-28(2)44(45(64)53-36(25-43(62)63)38(58)26-68-48(65)35-16-11-13-30-12-5-7-15-34(30)35)55-41(60)23-32-22-31(46-52-29(3)57-69-46)18-19-39(32)67-27-42(61)51-21-10-4-9-20-50-40(59)17-8-6-14-33-24-37-47(70-33)56-49(66)54-37/h5,7,11-13,15-16,18-19,22,28,33,36-37,44,47H,4,6,8-10,14,17,20-21,23-27H2,1-3H3,(H,50,59)(H,51,61)(H,53,64)(H,55,60)(H,62,63)(H2,54,56,66)/t33-,36-,37+,44-,47-/m0/s1. The second-order valence-electron chi connectivity index (χ2n) is 17.6. The quantitative estimate of drug-likeness (QED) is 0.0327. The number of nitrogens with zero attached hydrogens (tertiary/aromatic N) is 2. The zero-order chi connectivity index (χ0) is 50.2. The summed E-state index contributed by atoms with van der Waals surface area (Å²) in [5, 5.41) is 32.2. The zero-order valence-corrected chi connectivity index (χ0v) is 40.2. The van der Waals surface area contributed by atoms with Crippen LogP contribution in [0.4, 0.5) is 4.79 Å². The van der Waals surface area contributed by atoms with E-state index in [4.69, 9.17) is 14.0 Å². The second kappa shape index (κ2) is 25.5. The fraction of sp³-hybridized carbons (Fsp3) is 0.469. The molecule has 70 heavy (non-hydrogen) atoms. The van der Waals surface area contributed by atoms with Gasteiger partial charge in [0, 0.05) is 35.9 Å². The lowest BCUT2D eigenvalue weighted by molar-refractivity contribution is -0.141. The average molecular weight is 985 g/mol. The summed E-state index contributed by atoms with van der Waals surface area (Å²) < 4.78 is 16.5. The number of rotatable bonds is 27. The van der Waals surface area contributed by atoms with E-state index in [2.05, 4.69) is 42.0 Å². The predicted molar refractivity (Wildman–Crippen MR) is 257 cm³/mol. The summed E-state index contributed by atoms with van der Waals surface area (Å²) in [6, 6.07) is 14.2. The lowest BCUT2D eigenvalue weighted by Gasteiger charge is -2.25. The number of hydrogen-bond acceptors (Lipinski definition) is 14. The number of hydrogen-bond donors (Lipinski definition) is 7. The molecular weight excluding hydrogens is 925 g/mol. The van der Waals surface area contributed by atoms with Crippen molar-refractivity contribution >= 4 is 69.9 Å². The molecule has 3 heterocycles. The molecular formula is C49H60N8O12S. The highest BCUT2D eigenvalue weighted by Crippen LogP contribution is 2.37. The molecule has 0 saturated carbocycles. The van der Waals surface area contributed by atoms with Crippen molar-refractivity contribution in [3.63, 3.8) is 0 Å². The van der Waals surface area contributed by atoms with E-state index in [1.807, 2.05) is 18.2 Å². The van der Waals surface area contributed by atoms with Crippen LogP contribution in [-0.4, -0.2) is 118 Å². The van der Waals surface area contributed by atoms with Gasteiger partial charge in [0.1, 0.15) is 17.8 Å². The van der Waals surface area contributed by atoms with Crippen LogP contribution in [-0.2, 0) is 39.9 Å². The molecule has 1 aromatic heterocycles. The molecule has 2 aliphatic heterocycles. The third kappa shape index (κ3) is 15.5. The second-order valence-corrected chi connectivity index (χ2v) is 19.0. The van der Waals surface area contributed by atoms with Crippen molar-refractivity contribution in [2.45, 2.75) is 114 Å². The van der Waals surface area contributed by atoms with Crippen LogP contribution in [0.1, 0.15) is 93.4 Å². The van der Waals surface area contributed by atoms with Crippen molar-refractivity contribution in [3.05, 3.63) is 77.6 Å². The number of carbonyl (C=O) groups excluding carboxylic acids is 7. The van der Waals surface area contributed by atoms with Gasteiger partial charge in [-0.3, -0.25) is 28.8 Å². The molecule has 0 spiro atoms. The number of carboxylic acids is 1. The lowest BCUT2D eigenvalue weighted by atomic mass is 10.0. The van der Waals surface area contributed by atoms with Crippen LogP contribution in [0.5, 0.6) is 5.75 Å². The summed E-state index contributed by atoms with van der Waals surface area (Å²) in [4.78, 5) is 106. The third-order valence-electron chi connectivity index (χ3n) is 11.7. The van der Waals surface area contributed by atoms with Gasteiger partial charge in [0.05, 0.1) is 29.8 Å². The Morgan fingerprint density at radius 2 is 1.63 bits per heavy atom. The molecule has 0 aliphatic carbocycles. The van der Waals surface area contributed by atoms with Crippen molar-refractivity contribution in [2.75, 3.05) is 26.3 Å². The molecule has 4 aromatic rings. The molecule has 2 aliphatic rings. The minimum atomic E-state index is -1.59. The number of carbonyl (C=O) groups is 8. The molecule has 0 unspecified atom stereocenters. The van der Waals surface area contributed by atoms with Crippen LogP contribution in [0.15, 0.2) is 65.2 Å². The van der Waals surface area contributed by atoms with E-state index in [1.54, 1.807) is 75.0 Å². The van der Waals surface area contributed by atoms with Gasteiger partial charge in [-0.05, 0) is 86.4 Å². The number of unbranched alkanes of at least 4 members (excludes halogenated alkanes) is 3. The molecule has 2 saturated heterocycles. The minimum Gasteiger partial charge on any atom is -0.483 e. The number of nitrogens with one attached hydrogen (secondary N) is 6. The summed E-state index contributed by atoms with van der Waals surface area (Å²) >= 11 is 1.79. The molecule has 374 valence electrons. The number of thioether (sulfide) groups is 1. The van der Waals surface area contributed by atoms with Gasteiger partial charge < -0.3 is 51.0 Å². The van der Waals surface area contributed by atoms with Crippen molar-refractivity contribution < 1.29 is 57.5 Å². The first-order chi connectivity index (χ1) is 33.6. The smallest absolute Gasteiger partial charge is 0.339 e. The number of urea groups is 1. The van der Waals surface area contributed by atoms with Crippen LogP contribution in [0, 0.1) is 12.8 Å². The Morgan fingerprint density at radius 3 is 2.36 bits per heavy atom.